The zero-order valence-corrected chi connectivity index (χ0v) is 22.5. The van der Waals surface area contributed by atoms with E-state index in [-0.39, 0.29) is 59.1 Å². The third-order valence-electron chi connectivity index (χ3n) is 5.96. The average Bonchev–Trinajstić information content (AvgIpc) is 2.60. The average molecular weight is 402 g/mol. The molecule has 0 aliphatic rings. The summed E-state index contributed by atoms with van der Waals surface area (Å²) in [5.74, 6) is -1.89. The summed E-state index contributed by atoms with van der Waals surface area (Å²) in [6, 6.07) is 0. The van der Waals surface area contributed by atoms with E-state index in [0.717, 1.165) is 25.7 Å². The van der Waals surface area contributed by atoms with Crippen molar-refractivity contribution in [2.45, 2.75) is 91.9 Å². The van der Waals surface area contributed by atoms with Gasteiger partial charge in [0, 0.05) is 36.0 Å². The number of carboxylic acid groups (broad SMARTS) is 2. The third kappa shape index (κ3) is 11.0. The summed E-state index contributed by atoms with van der Waals surface area (Å²) in [4.78, 5) is 22.6. The van der Waals surface area contributed by atoms with Crippen LogP contribution in [0.5, 0.6) is 0 Å². The SMILES string of the molecule is CCC(CC)(CCCCOCCCCC(CC)(CC)C(=O)[O-])C(=O)[O-].[Na+].[Na+]. The number of hydrogen-bond donors (Lipinski definition) is 0. The summed E-state index contributed by atoms with van der Waals surface area (Å²) in [6.45, 7) is 8.82. The number of ether oxygens (including phenoxy) is 1. The molecule has 0 radical (unpaired) electrons. The van der Waals surface area contributed by atoms with Gasteiger partial charge in [0.15, 0.2) is 0 Å². The van der Waals surface area contributed by atoms with E-state index in [1.165, 1.54) is 0 Å². The Morgan fingerprint density at radius 2 is 0.963 bits per heavy atom. The van der Waals surface area contributed by atoms with Crippen molar-refractivity contribution >= 4 is 11.9 Å². The van der Waals surface area contributed by atoms with E-state index < -0.39 is 22.8 Å². The Balaban J connectivity index is -0.00000288. The second-order valence-corrected chi connectivity index (χ2v) is 7.08. The van der Waals surface area contributed by atoms with Gasteiger partial charge in [-0.05, 0) is 51.4 Å². The summed E-state index contributed by atoms with van der Waals surface area (Å²) >= 11 is 0. The van der Waals surface area contributed by atoms with Crippen molar-refractivity contribution in [2.24, 2.45) is 10.8 Å². The number of carboxylic acids is 2. The standard InChI is InChI=1S/C20H38O5.2Na/c1-5-19(6-2,17(21)22)13-9-11-15-25-16-12-10-14-20(7-3,8-4)18(23)24;;/h5-16H2,1-4H3,(H,21,22)(H,23,24);;/q;2*+1/p-2. The fourth-order valence-corrected chi connectivity index (χ4v) is 3.43. The molecule has 0 aliphatic heterocycles. The van der Waals surface area contributed by atoms with E-state index in [2.05, 4.69) is 0 Å². The summed E-state index contributed by atoms with van der Waals surface area (Å²) < 4.78 is 5.59. The molecular formula is C20H36Na2O5. The van der Waals surface area contributed by atoms with E-state index >= 15 is 0 Å². The van der Waals surface area contributed by atoms with Crippen molar-refractivity contribution in [3.8, 4) is 0 Å². The van der Waals surface area contributed by atoms with Gasteiger partial charge in [0.1, 0.15) is 0 Å². The summed E-state index contributed by atoms with van der Waals surface area (Å²) in [5, 5.41) is 22.6. The Morgan fingerprint density at radius 1 is 0.667 bits per heavy atom. The van der Waals surface area contributed by atoms with Gasteiger partial charge in [0.2, 0.25) is 0 Å². The molecule has 0 fully saturated rings. The van der Waals surface area contributed by atoms with Gasteiger partial charge in [-0.25, -0.2) is 0 Å². The van der Waals surface area contributed by atoms with Crippen LogP contribution in [0.25, 0.3) is 0 Å². The molecule has 0 saturated heterocycles. The molecule has 0 unspecified atom stereocenters. The van der Waals surface area contributed by atoms with Gasteiger partial charge in [-0.1, -0.05) is 40.5 Å². The van der Waals surface area contributed by atoms with E-state index in [1.807, 2.05) is 27.7 Å². The Bertz CT molecular complexity index is 358. The van der Waals surface area contributed by atoms with Crippen molar-refractivity contribution < 1.29 is 83.7 Å². The van der Waals surface area contributed by atoms with Crippen molar-refractivity contribution in [2.75, 3.05) is 13.2 Å². The fourth-order valence-electron chi connectivity index (χ4n) is 3.43. The smallest absolute Gasteiger partial charge is 0.550 e. The zero-order chi connectivity index (χ0) is 19.3. The fraction of sp³-hybridized carbons (Fsp3) is 0.900. The van der Waals surface area contributed by atoms with Crippen molar-refractivity contribution in [1.29, 1.82) is 0 Å². The monoisotopic (exact) mass is 402 g/mol. The Labute approximate surface area is 210 Å². The molecular weight excluding hydrogens is 366 g/mol. The second kappa shape index (κ2) is 17.7. The van der Waals surface area contributed by atoms with Crippen LogP contribution in [0, 0.1) is 10.8 Å². The Hall–Kier alpha value is 0.900. The molecule has 0 N–H and O–H groups in total. The predicted octanol–water partition coefficient (Wildman–Crippen LogP) is -3.54. The molecule has 27 heavy (non-hydrogen) atoms. The summed E-state index contributed by atoms with van der Waals surface area (Å²) in [6.07, 6.45) is 6.96. The number of carbonyl (C=O) groups excluding carboxylic acids is 2. The molecule has 0 aliphatic carbocycles. The zero-order valence-electron chi connectivity index (χ0n) is 18.5. The predicted molar refractivity (Wildman–Crippen MR) is 94.6 cm³/mol. The van der Waals surface area contributed by atoms with E-state index in [0.29, 0.717) is 51.7 Å². The van der Waals surface area contributed by atoms with Crippen molar-refractivity contribution in [1.82, 2.24) is 0 Å². The maximum atomic E-state index is 11.3. The second-order valence-electron chi connectivity index (χ2n) is 7.08. The first-order valence-electron chi connectivity index (χ1n) is 9.84. The Kier molecular flexibility index (Phi) is 21.4. The van der Waals surface area contributed by atoms with Gasteiger partial charge >= 0.3 is 59.1 Å². The molecule has 5 nitrogen and oxygen atoms in total. The first-order chi connectivity index (χ1) is 11.8. The molecule has 0 heterocycles. The maximum Gasteiger partial charge on any atom is 1.00 e. The van der Waals surface area contributed by atoms with Crippen LogP contribution in [-0.4, -0.2) is 25.2 Å². The minimum absolute atomic E-state index is 0. The Morgan fingerprint density at radius 3 is 1.19 bits per heavy atom. The van der Waals surface area contributed by atoms with E-state index in [1.54, 1.807) is 0 Å². The van der Waals surface area contributed by atoms with Crippen LogP contribution in [0.15, 0.2) is 0 Å². The number of hydrogen-bond acceptors (Lipinski definition) is 5. The van der Waals surface area contributed by atoms with Gasteiger partial charge in [-0.15, -0.1) is 0 Å². The molecule has 0 saturated carbocycles. The first kappa shape index (κ1) is 32.6. The molecule has 0 aromatic carbocycles. The minimum Gasteiger partial charge on any atom is -0.550 e. The number of rotatable bonds is 16. The van der Waals surface area contributed by atoms with E-state index in [4.69, 9.17) is 4.74 Å². The normalized spacial score (nSPS) is 11.4. The van der Waals surface area contributed by atoms with E-state index in [9.17, 15) is 19.8 Å². The molecule has 0 spiro atoms. The molecule has 0 bridgehead atoms. The van der Waals surface area contributed by atoms with Gasteiger partial charge < -0.3 is 24.5 Å². The number of carbonyl (C=O) groups is 2. The van der Waals surface area contributed by atoms with Gasteiger partial charge in [0.25, 0.3) is 0 Å². The number of aliphatic carboxylic acids is 2. The minimum atomic E-state index is -0.943. The molecule has 0 amide bonds. The maximum absolute atomic E-state index is 11.3. The molecule has 0 aromatic heterocycles. The topological polar surface area (TPSA) is 89.5 Å². The third-order valence-corrected chi connectivity index (χ3v) is 5.96. The molecule has 0 rings (SSSR count). The summed E-state index contributed by atoms with van der Waals surface area (Å²) in [5.41, 5.74) is -1.40. The molecule has 7 heteroatoms. The van der Waals surface area contributed by atoms with Crippen LogP contribution >= 0.6 is 0 Å². The largest absolute Gasteiger partial charge is 1.00 e. The van der Waals surface area contributed by atoms with Crippen LogP contribution < -0.4 is 69.3 Å². The van der Waals surface area contributed by atoms with Crippen LogP contribution in [0.2, 0.25) is 0 Å². The van der Waals surface area contributed by atoms with Crippen molar-refractivity contribution in [3.05, 3.63) is 0 Å². The molecule has 0 aromatic rings. The van der Waals surface area contributed by atoms with Crippen molar-refractivity contribution in [3.63, 3.8) is 0 Å². The van der Waals surface area contributed by atoms with Crippen LogP contribution in [0.1, 0.15) is 91.9 Å². The van der Waals surface area contributed by atoms with Crippen LogP contribution in [0.4, 0.5) is 0 Å². The first-order valence-corrected chi connectivity index (χ1v) is 9.84. The van der Waals surface area contributed by atoms with Crippen LogP contribution in [0.3, 0.4) is 0 Å². The molecule has 0 atom stereocenters. The summed E-state index contributed by atoms with van der Waals surface area (Å²) in [7, 11) is 0. The number of unbranched alkanes of at least 4 members (excludes halogenated alkanes) is 2. The quantitative estimate of drug-likeness (QED) is 0.197. The van der Waals surface area contributed by atoms with Crippen LogP contribution in [-0.2, 0) is 14.3 Å². The van der Waals surface area contributed by atoms with Gasteiger partial charge in [-0.2, -0.15) is 0 Å². The van der Waals surface area contributed by atoms with Gasteiger partial charge in [0.05, 0.1) is 0 Å². The molecule has 148 valence electrons. The van der Waals surface area contributed by atoms with Gasteiger partial charge in [-0.3, -0.25) is 0 Å².